The molecular weight excluding hydrogens is 240 g/mol. The molecule has 1 heterocycles. The van der Waals surface area contributed by atoms with Gasteiger partial charge in [-0.2, -0.15) is 0 Å². The standard InChI is InChI=1S/C12H22O6/c1-5-6-17-11-8(14-2)7(13)9(15-3)12(18-6)10(11)16-4/h6-13H,5H2,1-4H3/t6?,7?,8-,9-,10?,11-,12+/m0/s1. The van der Waals surface area contributed by atoms with E-state index in [1.165, 1.54) is 0 Å². The van der Waals surface area contributed by atoms with Gasteiger partial charge in [-0.1, -0.05) is 6.92 Å². The molecule has 0 radical (unpaired) electrons. The lowest BCUT2D eigenvalue weighted by atomic mass is 9.83. The number of aliphatic hydroxyl groups is 1. The smallest absolute Gasteiger partial charge is 0.158 e. The van der Waals surface area contributed by atoms with Crippen molar-refractivity contribution in [3.63, 3.8) is 0 Å². The molecule has 0 aromatic rings. The van der Waals surface area contributed by atoms with Crippen LogP contribution in [0.2, 0.25) is 0 Å². The van der Waals surface area contributed by atoms with Crippen molar-refractivity contribution in [2.45, 2.75) is 56.3 Å². The zero-order valence-electron chi connectivity index (χ0n) is 11.2. The second-order valence-corrected chi connectivity index (χ2v) is 4.63. The highest BCUT2D eigenvalue weighted by Gasteiger charge is 2.56. The van der Waals surface area contributed by atoms with Crippen molar-refractivity contribution in [1.29, 1.82) is 0 Å². The van der Waals surface area contributed by atoms with Crippen LogP contribution in [0.3, 0.4) is 0 Å². The summed E-state index contributed by atoms with van der Waals surface area (Å²) < 4.78 is 27.7. The Balaban J connectivity index is 2.27. The predicted molar refractivity (Wildman–Crippen MR) is 62.2 cm³/mol. The van der Waals surface area contributed by atoms with Crippen LogP contribution in [0.25, 0.3) is 0 Å². The third-order valence-corrected chi connectivity index (χ3v) is 3.74. The van der Waals surface area contributed by atoms with Crippen molar-refractivity contribution in [3.05, 3.63) is 0 Å². The molecule has 3 unspecified atom stereocenters. The third-order valence-electron chi connectivity index (χ3n) is 3.74. The Bertz CT molecular complexity index is 241. The van der Waals surface area contributed by atoms with Crippen molar-refractivity contribution in [2.24, 2.45) is 0 Å². The number of methoxy groups -OCH3 is 3. The molecule has 0 aromatic carbocycles. The molecule has 2 fully saturated rings. The molecule has 6 nitrogen and oxygen atoms in total. The first-order valence-electron chi connectivity index (χ1n) is 6.25. The summed E-state index contributed by atoms with van der Waals surface area (Å²) in [5, 5.41) is 10.2. The first-order valence-corrected chi connectivity index (χ1v) is 6.25. The first kappa shape index (κ1) is 14.2. The van der Waals surface area contributed by atoms with Crippen LogP contribution in [-0.2, 0) is 23.7 Å². The Morgan fingerprint density at radius 1 is 0.889 bits per heavy atom. The van der Waals surface area contributed by atoms with Crippen LogP contribution in [-0.4, -0.2) is 69.3 Å². The second kappa shape index (κ2) is 5.81. The monoisotopic (exact) mass is 262 g/mol. The van der Waals surface area contributed by atoms with Gasteiger partial charge in [-0.15, -0.1) is 0 Å². The van der Waals surface area contributed by atoms with Gasteiger partial charge in [0.05, 0.1) is 0 Å². The summed E-state index contributed by atoms with van der Waals surface area (Å²) in [5.41, 5.74) is 0. The molecule has 2 bridgehead atoms. The Morgan fingerprint density at radius 3 is 1.67 bits per heavy atom. The van der Waals surface area contributed by atoms with Crippen LogP contribution in [0, 0.1) is 0 Å². The fourth-order valence-corrected chi connectivity index (χ4v) is 2.84. The minimum absolute atomic E-state index is 0.300. The van der Waals surface area contributed by atoms with E-state index < -0.39 is 18.3 Å². The number of rotatable bonds is 4. The fraction of sp³-hybridized carbons (Fsp3) is 1.00. The SMILES string of the molecule is CCC1O[C@@H]2C(OC)[C@H](O1)[C@@H](OC)C(O)[C@@H]2OC. The number of aliphatic hydroxyl groups excluding tert-OH is 1. The molecule has 1 N–H and O–H groups in total. The number of fused-ring (bicyclic) bond motifs is 2. The lowest BCUT2D eigenvalue weighted by molar-refractivity contribution is -0.359. The molecule has 0 amide bonds. The first-order chi connectivity index (χ1) is 8.67. The van der Waals surface area contributed by atoms with Gasteiger partial charge in [0, 0.05) is 21.3 Å². The van der Waals surface area contributed by atoms with Crippen LogP contribution in [0.4, 0.5) is 0 Å². The van der Waals surface area contributed by atoms with Crippen LogP contribution >= 0.6 is 0 Å². The molecular formula is C12H22O6. The molecule has 2 aliphatic rings. The topological polar surface area (TPSA) is 66.4 Å². The molecule has 0 spiro atoms. The molecule has 1 saturated heterocycles. The molecule has 18 heavy (non-hydrogen) atoms. The van der Waals surface area contributed by atoms with Gasteiger partial charge < -0.3 is 28.8 Å². The van der Waals surface area contributed by atoms with E-state index in [0.717, 1.165) is 6.42 Å². The zero-order valence-corrected chi connectivity index (χ0v) is 11.2. The Labute approximate surface area is 107 Å². The fourth-order valence-electron chi connectivity index (χ4n) is 2.84. The zero-order chi connectivity index (χ0) is 13.3. The summed E-state index contributed by atoms with van der Waals surface area (Å²) in [6.07, 6.45) is -2.32. The maximum absolute atomic E-state index is 10.2. The molecule has 7 atom stereocenters. The average Bonchev–Trinajstić information content (AvgIpc) is 2.38. The average molecular weight is 262 g/mol. The summed E-state index contributed by atoms with van der Waals surface area (Å²) >= 11 is 0. The Hall–Kier alpha value is -0.240. The van der Waals surface area contributed by atoms with E-state index in [0.29, 0.717) is 0 Å². The van der Waals surface area contributed by atoms with Gasteiger partial charge in [0.2, 0.25) is 0 Å². The van der Waals surface area contributed by atoms with Gasteiger partial charge in [0.25, 0.3) is 0 Å². The van der Waals surface area contributed by atoms with Crippen LogP contribution < -0.4 is 0 Å². The van der Waals surface area contributed by atoms with E-state index in [-0.39, 0.29) is 24.6 Å². The van der Waals surface area contributed by atoms with E-state index in [4.69, 9.17) is 23.7 Å². The van der Waals surface area contributed by atoms with E-state index in [1.54, 1.807) is 21.3 Å². The lowest BCUT2D eigenvalue weighted by Gasteiger charge is -2.52. The second-order valence-electron chi connectivity index (χ2n) is 4.63. The summed E-state index contributed by atoms with van der Waals surface area (Å²) in [6.45, 7) is 1.98. The Kier molecular flexibility index (Phi) is 4.58. The number of hydrogen-bond donors (Lipinski definition) is 1. The summed E-state index contributed by atoms with van der Waals surface area (Å²) in [7, 11) is 4.70. The summed E-state index contributed by atoms with van der Waals surface area (Å²) in [4.78, 5) is 0. The maximum Gasteiger partial charge on any atom is 0.158 e. The minimum atomic E-state index is -0.792. The minimum Gasteiger partial charge on any atom is -0.387 e. The highest BCUT2D eigenvalue weighted by atomic mass is 16.7. The van der Waals surface area contributed by atoms with Crippen molar-refractivity contribution in [3.8, 4) is 0 Å². The predicted octanol–water partition coefficient (Wildman–Crippen LogP) is -0.0740. The van der Waals surface area contributed by atoms with E-state index in [9.17, 15) is 5.11 Å². The van der Waals surface area contributed by atoms with Gasteiger partial charge in [-0.3, -0.25) is 0 Å². The lowest BCUT2D eigenvalue weighted by Crippen LogP contribution is -2.70. The highest BCUT2D eigenvalue weighted by Crippen LogP contribution is 2.36. The molecule has 1 aliphatic carbocycles. The maximum atomic E-state index is 10.2. The van der Waals surface area contributed by atoms with Crippen molar-refractivity contribution in [1.82, 2.24) is 0 Å². The summed E-state index contributed by atoms with van der Waals surface area (Å²) in [5.74, 6) is 0. The van der Waals surface area contributed by atoms with Gasteiger partial charge in [0.15, 0.2) is 6.29 Å². The Morgan fingerprint density at radius 2 is 1.33 bits per heavy atom. The van der Waals surface area contributed by atoms with Gasteiger partial charge >= 0.3 is 0 Å². The van der Waals surface area contributed by atoms with Gasteiger partial charge in [-0.25, -0.2) is 0 Å². The van der Waals surface area contributed by atoms with Crippen LogP contribution in [0.5, 0.6) is 0 Å². The molecule has 1 aliphatic heterocycles. The largest absolute Gasteiger partial charge is 0.387 e. The van der Waals surface area contributed by atoms with Crippen molar-refractivity contribution in [2.75, 3.05) is 21.3 Å². The number of ether oxygens (including phenoxy) is 5. The molecule has 106 valence electrons. The van der Waals surface area contributed by atoms with E-state index in [1.807, 2.05) is 6.92 Å². The third kappa shape index (κ3) is 2.17. The molecule has 0 aromatic heterocycles. The highest BCUT2D eigenvalue weighted by molar-refractivity contribution is 5.04. The number of hydrogen-bond acceptors (Lipinski definition) is 6. The van der Waals surface area contributed by atoms with Crippen molar-refractivity contribution < 1.29 is 28.8 Å². The van der Waals surface area contributed by atoms with Crippen molar-refractivity contribution >= 4 is 0 Å². The van der Waals surface area contributed by atoms with Gasteiger partial charge in [-0.05, 0) is 6.42 Å². The van der Waals surface area contributed by atoms with Gasteiger partial charge in [0.1, 0.15) is 36.6 Å². The van der Waals surface area contributed by atoms with E-state index >= 15 is 0 Å². The van der Waals surface area contributed by atoms with Crippen LogP contribution in [0.1, 0.15) is 13.3 Å². The molecule has 2 rings (SSSR count). The normalized spacial score (nSPS) is 48.2. The summed E-state index contributed by atoms with van der Waals surface area (Å²) in [6, 6.07) is 0. The molecule has 6 heteroatoms. The van der Waals surface area contributed by atoms with Crippen LogP contribution in [0.15, 0.2) is 0 Å². The quantitative estimate of drug-likeness (QED) is 0.765. The molecule has 1 saturated carbocycles. The van der Waals surface area contributed by atoms with E-state index in [2.05, 4.69) is 0 Å².